The molecule has 1 amide bonds. The Morgan fingerprint density at radius 2 is 1.70 bits per heavy atom. The van der Waals surface area contributed by atoms with Crippen LogP contribution in [0.25, 0.3) is 6.08 Å². The molecular formula is C19H18NNaO6. The Kier molecular flexibility index (Phi) is 9.42. The molecule has 8 heteroatoms. The van der Waals surface area contributed by atoms with Gasteiger partial charge in [0.15, 0.2) is 11.5 Å². The molecule has 0 unspecified atom stereocenters. The third kappa shape index (κ3) is 7.34. The predicted molar refractivity (Wildman–Crippen MR) is 94.2 cm³/mol. The summed E-state index contributed by atoms with van der Waals surface area (Å²) in [7, 11) is 3.09. The minimum Gasteiger partial charge on any atom is -0.546 e. The largest absolute Gasteiger partial charge is 1.00 e. The average molecular weight is 379 g/mol. The van der Waals surface area contributed by atoms with E-state index in [-0.39, 0.29) is 35.5 Å². The fraction of sp³-hybridized carbons (Fsp3) is 0.158. The first-order valence-electron chi connectivity index (χ1n) is 7.65. The first kappa shape index (κ1) is 22.6. The number of aliphatic carboxylic acids is 1. The Morgan fingerprint density at radius 3 is 2.30 bits per heavy atom. The molecule has 27 heavy (non-hydrogen) atoms. The molecule has 7 nitrogen and oxygen atoms in total. The molecule has 0 saturated carbocycles. The number of anilines is 1. The van der Waals surface area contributed by atoms with Crippen molar-refractivity contribution in [3.63, 3.8) is 0 Å². The number of carboxylic acids is 1. The van der Waals surface area contributed by atoms with Crippen molar-refractivity contribution in [2.75, 3.05) is 26.1 Å². The van der Waals surface area contributed by atoms with Gasteiger partial charge in [0.05, 0.1) is 20.2 Å². The van der Waals surface area contributed by atoms with E-state index >= 15 is 0 Å². The molecule has 0 atom stereocenters. The van der Waals surface area contributed by atoms with E-state index < -0.39 is 12.6 Å². The average Bonchev–Trinajstić information content (AvgIpc) is 2.65. The van der Waals surface area contributed by atoms with Gasteiger partial charge in [0.25, 0.3) is 0 Å². The Bertz CT molecular complexity index is 804. The molecule has 0 aromatic heterocycles. The van der Waals surface area contributed by atoms with E-state index in [2.05, 4.69) is 5.32 Å². The van der Waals surface area contributed by atoms with Gasteiger partial charge < -0.3 is 29.4 Å². The summed E-state index contributed by atoms with van der Waals surface area (Å²) >= 11 is 0. The number of nitrogens with one attached hydrogen (secondary N) is 1. The molecule has 0 fully saturated rings. The summed E-state index contributed by atoms with van der Waals surface area (Å²) < 4.78 is 15.3. The quantitative estimate of drug-likeness (QED) is 0.443. The van der Waals surface area contributed by atoms with E-state index in [0.29, 0.717) is 22.9 Å². The fourth-order valence-electron chi connectivity index (χ4n) is 2.09. The fourth-order valence-corrected chi connectivity index (χ4v) is 2.09. The number of hydrogen-bond acceptors (Lipinski definition) is 6. The summed E-state index contributed by atoms with van der Waals surface area (Å²) in [5.41, 5.74) is 1.33. The van der Waals surface area contributed by atoms with E-state index in [1.54, 1.807) is 62.8 Å². The van der Waals surface area contributed by atoms with Gasteiger partial charge in [0.1, 0.15) is 12.4 Å². The smallest absolute Gasteiger partial charge is 0.546 e. The van der Waals surface area contributed by atoms with Crippen LogP contribution in [0.4, 0.5) is 5.69 Å². The Morgan fingerprint density at radius 1 is 1.04 bits per heavy atom. The van der Waals surface area contributed by atoms with E-state index in [4.69, 9.17) is 14.2 Å². The molecule has 0 aliphatic rings. The molecular weight excluding hydrogens is 361 g/mol. The summed E-state index contributed by atoms with van der Waals surface area (Å²) in [4.78, 5) is 22.3. The topological polar surface area (TPSA) is 96.9 Å². The number of benzene rings is 2. The summed E-state index contributed by atoms with van der Waals surface area (Å²) in [6.45, 7) is -0.528. The number of rotatable bonds is 8. The minimum absolute atomic E-state index is 0. The molecule has 0 bridgehead atoms. The molecule has 0 radical (unpaired) electrons. The Balaban J connectivity index is 0.00000364. The van der Waals surface area contributed by atoms with Gasteiger partial charge in [0, 0.05) is 11.8 Å². The summed E-state index contributed by atoms with van der Waals surface area (Å²) in [6.07, 6.45) is 3.04. The Hall–Kier alpha value is -2.48. The van der Waals surface area contributed by atoms with Crippen LogP contribution in [0.2, 0.25) is 0 Å². The molecule has 0 aliphatic carbocycles. The molecule has 0 aliphatic heterocycles. The number of ether oxygens (including phenoxy) is 3. The minimum atomic E-state index is -1.30. The Labute approximate surface area is 179 Å². The van der Waals surface area contributed by atoms with Crippen molar-refractivity contribution in [1.82, 2.24) is 0 Å². The van der Waals surface area contributed by atoms with Crippen LogP contribution in [0.15, 0.2) is 48.5 Å². The molecule has 2 rings (SSSR count). The van der Waals surface area contributed by atoms with Gasteiger partial charge in [0.2, 0.25) is 5.91 Å². The van der Waals surface area contributed by atoms with Gasteiger partial charge in [-0.1, -0.05) is 6.07 Å². The van der Waals surface area contributed by atoms with Crippen LogP contribution in [0.3, 0.4) is 0 Å². The molecule has 2 aromatic carbocycles. The first-order valence-corrected chi connectivity index (χ1v) is 7.65. The molecule has 0 spiro atoms. The normalized spacial score (nSPS) is 10.0. The second-order valence-electron chi connectivity index (χ2n) is 5.12. The van der Waals surface area contributed by atoms with Crippen LogP contribution in [0.1, 0.15) is 5.56 Å². The van der Waals surface area contributed by atoms with E-state index in [1.165, 1.54) is 6.08 Å². The third-order valence-electron chi connectivity index (χ3n) is 3.31. The first-order chi connectivity index (χ1) is 12.5. The molecule has 136 valence electrons. The summed E-state index contributed by atoms with van der Waals surface area (Å²) in [5.74, 6) is -0.0729. The van der Waals surface area contributed by atoms with Gasteiger partial charge in [-0.05, 0) is 48.0 Å². The van der Waals surface area contributed by atoms with Crippen LogP contribution >= 0.6 is 0 Å². The molecule has 0 heterocycles. The van der Waals surface area contributed by atoms with E-state index in [1.807, 2.05) is 0 Å². The van der Waals surface area contributed by atoms with Gasteiger partial charge in [-0.25, -0.2) is 0 Å². The zero-order valence-electron chi connectivity index (χ0n) is 15.4. The van der Waals surface area contributed by atoms with Gasteiger partial charge in [-0.3, -0.25) is 4.79 Å². The monoisotopic (exact) mass is 379 g/mol. The van der Waals surface area contributed by atoms with Crippen molar-refractivity contribution in [2.45, 2.75) is 0 Å². The van der Waals surface area contributed by atoms with Crippen LogP contribution in [0.5, 0.6) is 17.2 Å². The van der Waals surface area contributed by atoms with Gasteiger partial charge >= 0.3 is 29.6 Å². The summed E-state index contributed by atoms with van der Waals surface area (Å²) in [5, 5.41) is 13.0. The van der Waals surface area contributed by atoms with Crippen molar-refractivity contribution in [1.29, 1.82) is 0 Å². The maximum Gasteiger partial charge on any atom is 1.00 e. The van der Waals surface area contributed by atoms with Crippen molar-refractivity contribution >= 4 is 23.6 Å². The second-order valence-corrected chi connectivity index (χ2v) is 5.12. The van der Waals surface area contributed by atoms with Crippen molar-refractivity contribution in [2.24, 2.45) is 0 Å². The third-order valence-corrected chi connectivity index (χ3v) is 3.31. The number of methoxy groups -OCH3 is 2. The number of carbonyl (C=O) groups excluding carboxylic acids is 2. The van der Waals surface area contributed by atoms with Crippen molar-refractivity contribution in [3.8, 4) is 17.2 Å². The standard InChI is InChI=1S/C19H19NO6.Na/c1-24-16-9-3-13(11-17(16)25-2)4-10-18(21)20-14-5-7-15(8-6-14)26-12-19(22)23;/h3-11H,12H2,1-2H3,(H,20,21)(H,22,23);/q;+1/p-1. The molecule has 1 N–H and O–H groups in total. The number of hydrogen-bond donors (Lipinski definition) is 1. The maximum atomic E-state index is 12.0. The number of amides is 1. The zero-order valence-corrected chi connectivity index (χ0v) is 17.4. The van der Waals surface area contributed by atoms with Crippen LogP contribution < -0.4 is 54.2 Å². The number of carbonyl (C=O) groups is 2. The second kappa shape index (κ2) is 11.3. The maximum absolute atomic E-state index is 12.0. The summed E-state index contributed by atoms with van der Waals surface area (Å²) in [6, 6.07) is 11.6. The number of carboxylic acid groups (broad SMARTS) is 1. The van der Waals surface area contributed by atoms with Crippen LogP contribution in [0, 0.1) is 0 Å². The van der Waals surface area contributed by atoms with Crippen molar-refractivity contribution < 1.29 is 58.5 Å². The molecule has 2 aromatic rings. The van der Waals surface area contributed by atoms with Crippen LogP contribution in [-0.2, 0) is 9.59 Å². The van der Waals surface area contributed by atoms with E-state index in [9.17, 15) is 14.7 Å². The van der Waals surface area contributed by atoms with Crippen molar-refractivity contribution in [3.05, 3.63) is 54.1 Å². The zero-order chi connectivity index (χ0) is 18.9. The van der Waals surface area contributed by atoms with Gasteiger partial charge in [-0.2, -0.15) is 0 Å². The van der Waals surface area contributed by atoms with Gasteiger partial charge in [-0.15, -0.1) is 0 Å². The SMILES string of the molecule is COc1ccc(C=CC(=O)Nc2ccc(OCC(=O)[O-])cc2)cc1OC.[Na+]. The molecule has 0 saturated heterocycles. The predicted octanol–water partition coefficient (Wildman–Crippen LogP) is -1.51. The van der Waals surface area contributed by atoms with E-state index in [0.717, 1.165) is 5.56 Å². The van der Waals surface area contributed by atoms with Crippen LogP contribution in [-0.4, -0.2) is 32.7 Å².